The molecule has 0 N–H and O–H groups in total. The van der Waals surface area contributed by atoms with Crippen molar-refractivity contribution >= 4 is 68.2 Å². The maximum absolute atomic E-state index is 2.64. The van der Waals surface area contributed by atoms with E-state index in [1.165, 1.54) is 100 Å². The van der Waals surface area contributed by atoms with Gasteiger partial charge in [-0.25, -0.2) is 0 Å². The van der Waals surface area contributed by atoms with E-state index in [4.69, 9.17) is 0 Å². The van der Waals surface area contributed by atoms with Crippen LogP contribution < -0.4 is 19.6 Å². The topological polar surface area (TPSA) is 13.0 Å². The van der Waals surface area contributed by atoms with Crippen LogP contribution in [-0.2, 0) is 54.1 Å². The molecule has 0 amide bonds. The third-order valence-electron chi connectivity index (χ3n) is 27.6. The fraction of sp³-hybridized carbons (Fsp3) is 0.276. The number of anilines is 12. The van der Waals surface area contributed by atoms with E-state index in [2.05, 4.69) is 486 Å². The summed E-state index contributed by atoms with van der Waals surface area (Å²) in [4.78, 5) is 10.2. The summed E-state index contributed by atoms with van der Waals surface area (Å²) >= 11 is 0. The van der Waals surface area contributed by atoms with Gasteiger partial charge in [0.05, 0.1) is 10.8 Å². The number of hydrogen-bond acceptors (Lipinski definition) is 4. The molecule has 0 atom stereocenters. The Labute approximate surface area is 716 Å². The molecule has 2 aliphatic carbocycles. The van der Waals surface area contributed by atoms with E-state index >= 15 is 0 Å². The van der Waals surface area contributed by atoms with E-state index in [0.29, 0.717) is 0 Å². The van der Waals surface area contributed by atoms with E-state index < -0.39 is 10.8 Å². The largest absolute Gasteiger partial charge is 0.310 e. The predicted octanol–water partition coefficient (Wildman–Crippen LogP) is 32.0. The minimum atomic E-state index is -1.13. The molecule has 120 heavy (non-hydrogen) atoms. The molecule has 6 aliphatic heterocycles. The Hall–Kier alpha value is -11.7. The Morgan fingerprint density at radius 1 is 0.183 bits per heavy atom. The first-order chi connectivity index (χ1) is 56.9. The predicted molar refractivity (Wildman–Crippen MR) is 511 cm³/mol. The Balaban J connectivity index is 1.05. The van der Waals surface area contributed by atoms with Crippen LogP contribution in [0.3, 0.4) is 0 Å². The van der Waals surface area contributed by atoms with Crippen LogP contribution in [0.25, 0.3) is 22.3 Å². The number of nitrogens with zero attached hydrogens (tertiary/aromatic N) is 4. The average molecular weight is 1570 g/mol. The zero-order valence-electron chi connectivity index (χ0n) is 74.4. The summed E-state index contributed by atoms with van der Waals surface area (Å²) in [7, 11) is 0. The van der Waals surface area contributed by atoms with Gasteiger partial charge in [-0.3, -0.25) is 0 Å². The molecule has 14 aromatic rings. The van der Waals surface area contributed by atoms with Crippen LogP contribution in [0.5, 0.6) is 0 Å². The summed E-state index contributed by atoms with van der Waals surface area (Å²) in [5, 5.41) is 0. The highest BCUT2D eigenvalue weighted by Gasteiger charge is 2.65. The van der Waals surface area contributed by atoms with Gasteiger partial charge in [0, 0.05) is 68.2 Å². The molecule has 0 unspecified atom stereocenters. The van der Waals surface area contributed by atoms with Crippen LogP contribution in [-0.4, -0.2) is 0 Å². The normalized spacial score (nSPS) is 16.6. The molecule has 4 heteroatoms. The van der Waals surface area contributed by atoms with Crippen molar-refractivity contribution in [3.63, 3.8) is 0 Å². The number of rotatable bonds is 6. The summed E-state index contributed by atoms with van der Waals surface area (Å²) in [6, 6.07) is 130. The number of hydrogen-bond donors (Lipinski definition) is 0. The van der Waals surface area contributed by atoms with Gasteiger partial charge in [-0.2, -0.15) is 0 Å². The Bertz CT molecular complexity index is 5450. The zero-order valence-corrected chi connectivity index (χ0v) is 74.4. The van der Waals surface area contributed by atoms with E-state index in [-0.39, 0.29) is 43.3 Å². The van der Waals surface area contributed by atoms with E-state index in [9.17, 15) is 0 Å². The van der Waals surface area contributed by atoms with Crippen LogP contribution in [0, 0.1) is 0 Å². The number of benzene rings is 14. The van der Waals surface area contributed by atoms with Crippen molar-refractivity contribution in [2.24, 2.45) is 0 Å². The molecule has 4 nitrogen and oxygen atoms in total. The Kier molecular flexibility index (Phi) is 18.8. The van der Waals surface area contributed by atoms with Gasteiger partial charge in [0.2, 0.25) is 0 Å². The molecular formula is C116H118N4. The molecule has 602 valence electrons. The van der Waals surface area contributed by atoms with E-state index in [1.54, 1.807) is 0 Å². The number of fused-ring (bicyclic) bond motifs is 6. The third kappa shape index (κ3) is 13.3. The highest BCUT2D eigenvalue weighted by atomic mass is 15.2. The van der Waals surface area contributed by atoms with Crippen LogP contribution in [0.1, 0.15) is 229 Å². The van der Waals surface area contributed by atoms with Gasteiger partial charge in [0.1, 0.15) is 0 Å². The highest BCUT2D eigenvalue weighted by Crippen LogP contribution is 2.72. The highest BCUT2D eigenvalue weighted by molar-refractivity contribution is 5.98. The maximum atomic E-state index is 2.64. The zero-order chi connectivity index (χ0) is 84.2. The van der Waals surface area contributed by atoms with Crippen molar-refractivity contribution in [3.05, 3.63) is 405 Å². The Morgan fingerprint density at radius 3 is 0.525 bits per heavy atom. The van der Waals surface area contributed by atoms with Crippen LogP contribution in [0.15, 0.2) is 328 Å². The van der Waals surface area contributed by atoms with Crippen molar-refractivity contribution in [3.8, 4) is 22.3 Å². The lowest BCUT2D eigenvalue weighted by Crippen LogP contribution is -2.50. The van der Waals surface area contributed by atoms with Crippen molar-refractivity contribution < 1.29 is 0 Å². The van der Waals surface area contributed by atoms with E-state index in [0.717, 1.165) is 81.1 Å². The van der Waals surface area contributed by atoms with Gasteiger partial charge < -0.3 is 19.6 Å². The third-order valence-corrected chi connectivity index (χ3v) is 27.6. The summed E-state index contributed by atoms with van der Waals surface area (Å²) < 4.78 is 0. The SMILES string of the molecule is CC(C)(C)c1ccc(N2c3ccc(cc3)C(C)(C)CC(C)(C)c3ccc(cc3)N(c3ccc(C(C)(C)C)cc3)c3ccc4c(c3)C3(c5ccccc5)c5cc(ccc5-4)N(c4ccc(C(C)(C)C)cc4)c4ccc(cc4)C(C)(C)CC(C)(C)c4ccc(cc4)N(c4ccc(C(C)(C)C)cc4)c4ccc5c(c4)C3(c3ccccc3)c3cc2ccc3-5)cc1. The second kappa shape index (κ2) is 28.5. The molecule has 8 aliphatic rings. The monoisotopic (exact) mass is 1570 g/mol. The van der Waals surface area contributed by atoms with Gasteiger partial charge in [0.25, 0.3) is 0 Å². The molecule has 0 saturated carbocycles. The molecule has 14 aromatic carbocycles. The first-order valence-corrected chi connectivity index (χ1v) is 43.7. The standard InChI is InChI=1S/C116H118N4/c1-107(2,3)77-31-47-87(48-32-77)117-91-55-39-81(40-56-91)111(13,14)75-112(15,16)82-41-57-93(58-42-82)119(89-51-35-79(36-52-89)109(7,8)9)97-65-69-101-102-70-66-98-74-106(102)116(105(101)73-97,86-29-25-22-26-30-86)115(85-27-23-21-24-28-85)103-71-95(117)63-67-99(103)100-68-64-96(72-104(100)115)118(88-49-33-78(34-50-88)108(4,5)6)92-59-43-83(44-60-92)113(17,18)76-114(19,20)84-45-61-94(62-46-84)120(98)90-53-37-80(38-54-90)110(10,11)12/h21-74H,75-76H2,1-20H3. The Morgan fingerprint density at radius 2 is 0.350 bits per heavy atom. The minimum Gasteiger partial charge on any atom is -0.310 e. The molecule has 0 fully saturated rings. The molecule has 6 heterocycles. The average Bonchev–Trinajstić information content (AvgIpc) is 1.47. The quantitative estimate of drug-likeness (QED) is 0.164. The first kappa shape index (κ1) is 79.4. The summed E-state index contributed by atoms with van der Waals surface area (Å²) in [5.74, 6) is 0. The summed E-state index contributed by atoms with van der Waals surface area (Å²) in [5.41, 5.74) is 31.9. The van der Waals surface area contributed by atoms with Gasteiger partial charge in [-0.15, -0.1) is 0 Å². The summed E-state index contributed by atoms with van der Waals surface area (Å²) in [6.07, 6.45) is 1.85. The fourth-order valence-electron chi connectivity index (χ4n) is 21.5. The van der Waals surface area contributed by atoms with Crippen LogP contribution in [0.2, 0.25) is 0 Å². The molecule has 0 spiro atoms. The van der Waals surface area contributed by atoms with Gasteiger partial charge in [-0.1, -0.05) is 320 Å². The second-order valence-electron chi connectivity index (χ2n) is 41.8. The molecule has 0 saturated heterocycles. The van der Waals surface area contributed by atoms with Crippen LogP contribution >= 0.6 is 0 Å². The van der Waals surface area contributed by atoms with Gasteiger partial charge >= 0.3 is 0 Å². The summed E-state index contributed by atoms with van der Waals surface area (Å²) in [6.45, 7) is 47.4. The first-order valence-electron chi connectivity index (χ1n) is 43.7. The van der Waals surface area contributed by atoms with Gasteiger partial charge in [0.15, 0.2) is 0 Å². The lowest BCUT2D eigenvalue weighted by molar-refractivity contribution is 0.348. The minimum absolute atomic E-state index is 0.0678. The van der Waals surface area contributed by atoms with Crippen molar-refractivity contribution in [2.75, 3.05) is 19.6 Å². The van der Waals surface area contributed by atoms with Crippen LogP contribution in [0.4, 0.5) is 68.2 Å². The van der Waals surface area contributed by atoms with Crippen molar-refractivity contribution in [2.45, 2.75) is 205 Å². The molecule has 0 radical (unpaired) electrons. The fourth-order valence-corrected chi connectivity index (χ4v) is 21.5. The van der Waals surface area contributed by atoms with Crippen molar-refractivity contribution in [1.29, 1.82) is 0 Å². The second-order valence-corrected chi connectivity index (χ2v) is 41.8. The molecule has 22 rings (SSSR count). The lowest BCUT2D eigenvalue weighted by Gasteiger charge is -2.51. The molecule has 0 aromatic heterocycles. The maximum Gasteiger partial charge on any atom is 0.0643 e. The smallest absolute Gasteiger partial charge is 0.0643 e. The lowest BCUT2D eigenvalue weighted by atomic mass is 9.49. The van der Waals surface area contributed by atoms with Crippen molar-refractivity contribution in [1.82, 2.24) is 0 Å². The van der Waals surface area contributed by atoms with Gasteiger partial charge in [-0.05, 0) is 302 Å². The molecule has 16 bridgehead atoms. The van der Waals surface area contributed by atoms with E-state index in [1.807, 2.05) is 0 Å². The molecular weight excluding hydrogens is 1450 g/mol.